The lowest BCUT2D eigenvalue weighted by Gasteiger charge is -2.41. The summed E-state index contributed by atoms with van der Waals surface area (Å²) in [6.07, 6.45) is 2.13. The molecule has 3 aromatic rings. The number of carboxylic acid groups (broad SMARTS) is 1. The number of anilines is 2. The number of piperazine rings is 1. The van der Waals surface area contributed by atoms with Crippen LogP contribution in [0.2, 0.25) is 0 Å². The van der Waals surface area contributed by atoms with Crippen molar-refractivity contribution in [2.75, 3.05) is 49.6 Å². The fraction of sp³-hybridized carbons (Fsp3) is 0.429. The van der Waals surface area contributed by atoms with Gasteiger partial charge < -0.3 is 20.1 Å². The Bertz CT molecular complexity index is 1340. The van der Waals surface area contributed by atoms with E-state index >= 15 is 0 Å². The molecule has 5 rings (SSSR count). The summed E-state index contributed by atoms with van der Waals surface area (Å²) in [5.41, 5.74) is 4.39. The first-order chi connectivity index (χ1) is 17.9. The molecular formula is C28H32N6O3. The van der Waals surface area contributed by atoms with Crippen LogP contribution in [0.4, 0.5) is 11.5 Å². The van der Waals surface area contributed by atoms with Crippen LogP contribution in [0.15, 0.2) is 36.4 Å². The molecule has 1 atom stereocenters. The van der Waals surface area contributed by atoms with Crippen LogP contribution in [0.5, 0.6) is 0 Å². The molecule has 9 nitrogen and oxygen atoms in total. The number of aromatic carboxylic acids is 1. The molecule has 0 bridgehead atoms. The van der Waals surface area contributed by atoms with Crippen molar-refractivity contribution in [1.82, 2.24) is 14.9 Å². The summed E-state index contributed by atoms with van der Waals surface area (Å²) in [5, 5.41) is 22.9. The fourth-order valence-electron chi connectivity index (χ4n) is 5.40. The van der Waals surface area contributed by atoms with Crippen molar-refractivity contribution in [3.8, 4) is 6.07 Å². The number of nitrogens with zero attached hydrogens (tertiary/aromatic N) is 5. The highest BCUT2D eigenvalue weighted by Crippen LogP contribution is 2.31. The topological polar surface area (TPSA) is 115 Å². The molecule has 0 saturated carbocycles. The van der Waals surface area contributed by atoms with Crippen LogP contribution < -0.4 is 10.2 Å². The van der Waals surface area contributed by atoms with Crippen LogP contribution >= 0.6 is 0 Å². The van der Waals surface area contributed by atoms with Crippen LogP contribution in [0.25, 0.3) is 11.0 Å². The van der Waals surface area contributed by atoms with Gasteiger partial charge in [0, 0.05) is 56.7 Å². The normalized spacial score (nSPS) is 17.9. The number of rotatable bonds is 6. The highest BCUT2D eigenvalue weighted by Gasteiger charge is 2.28. The van der Waals surface area contributed by atoms with Gasteiger partial charge in [0.25, 0.3) is 0 Å². The van der Waals surface area contributed by atoms with Crippen molar-refractivity contribution < 1.29 is 14.6 Å². The third-order valence-electron chi connectivity index (χ3n) is 7.35. The van der Waals surface area contributed by atoms with Gasteiger partial charge in [-0.05, 0) is 50.5 Å². The van der Waals surface area contributed by atoms with Crippen molar-refractivity contribution in [3.63, 3.8) is 0 Å². The van der Waals surface area contributed by atoms with Gasteiger partial charge in [0.2, 0.25) is 0 Å². The maximum absolute atomic E-state index is 11.7. The minimum atomic E-state index is -0.981. The van der Waals surface area contributed by atoms with E-state index in [1.807, 2.05) is 26.0 Å². The molecular weight excluding hydrogens is 468 g/mol. The zero-order valence-electron chi connectivity index (χ0n) is 21.3. The van der Waals surface area contributed by atoms with E-state index in [2.05, 4.69) is 27.3 Å². The van der Waals surface area contributed by atoms with Gasteiger partial charge >= 0.3 is 5.97 Å². The molecule has 0 amide bonds. The number of carboxylic acids is 1. The number of benzene rings is 2. The zero-order valence-corrected chi connectivity index (χ0v) is 21.3. The van der Waals surface area contributed by atoms with Gasteiger partial charge in [-0.1, -0.05) is 18.2 Å². The summed E-state index contributed by atoms with van der Waals surface area (Å²) < 4.78 is 5.52. The molecule has 0 radical (unpaired) electrons. The molecule has 1 aromatic heterocycles. The lowest BCUT2D eigenvalue weighted by atomic mass is 10.0. The molecule has 9 heteroatoms. The molecule has 3 heterocycles. The van der Waals surface area contributed by atoms with Crippen LogP contribution in [0.3, 0.4) is 0 Å². The van der Waals surface area contributed by atoms with Crippen LogP contribution in [0, 0.1) is 18.3 Å². The van der Waals surface area contributed by atoms with E-state index in [1.54, 1.807) is 18.2 Å². The standard InChI is InChI=1S/C28H32N6O3/c1-18-15-22(19(2)30-23-6-4-3-5-21(23)28(35)36)26-24(16-18)31-25(17-29)27(32-26)34-11-9-33(10-12-34)20-7-13-37-14-8-20/h3-6,15-16,19-20,30H,7-14H2,1-2H3,(H,35,36)/t19-/m1/s1. The quantitative estimate of drug-likeness (QED) is 0.518. The van der Waals surface area contributed by atoms with Crippen molar-refractivity contribution in [2.24, 2.45) is 0 Å². The average molecular weight is 501 g/mol. The molecule has 2 N–H and O–H groups in total. The Hall–Kier alpha value is -3.74. The van der Waals surface area contributed by atoms with Gasteiger partial charge in [-0.25, -0.2) is 14.8 Å². The first-order valence-corrected chi connectivity index (χ1v) is 12.8. The predicted molar refractivity (Wildman–Crippen MR) is 142 cm³/mol. The van der Waals surface area contributed by atoms with E-state index in [0.717, 1.165) is 68.9 Å². The van der Waals surface area contributed by atoms with E-state index in [-0.39, 0.29) is 11.6 Å². The number of aromatic nitrogens is 2. The summed E-state index contributed by atoms with van der Waals surface area (Å²) in [5.74, 6) is -0.366. The SMILES string of the molecule is Cc1cc([C@@H](C)Nc2ccccc2C(=O)O)c2nc(N3CCN(C4CCOCC4)CC3)c(C#N)nc2c1. The number of hydrogen-bond acceptors (Lipinski definition) is 8. The zero-order chi connectivity index (χ0) is 25.9. The Kier molecular flexibility index (Phi) is 7.22. The molecule has 0 aliphatic carbocycles. The van der Waals surface area contributed by atoms with Gasteiger partial charge in [0.15, 0.2) is 11.5 Å². The smallest absolute Gasteiger partial charge is 0.337 e. The average Bonchev–Trinajstić information content (AvgIpc) is 2.92. The molecule has 192 valence electrons. The molecule has 2 aliphatic heterocycles. The monoisotopic (exact) mass is 500 g/mol. The number of fused-ring (bicyclic) bond motifs is 1. The molecule has 0 unspecified atom stereocenters. The summed E-state index contributed by atoms with van der Waals surface area (Å²) in [7, 11) is 0. The van der Waals surface area contributed by atoms with E-state index in [9.17, 15) is 15.2 Å². The number of nitriles is 1. The third-order valence-corrected chi connectivity index (χ3v) is 7.35. The van der Waals surface area contributed by atoms with Crippen LogP contribution in [-0.4, -0.2) is 71.4 Å². The van der Waals surface area contributed by atoms with Crippen molar-refractivity contribution in [3.05, 3.63) is 58.8 Å². The highest BCUT2D eigenvalue weighted by molar-refractivity contribution is 5.94. The van der Waals surface area contributed by atoms with Crippen LogP contribution in [-0.2, 0) is 4.74 Å². The second-order valence-electron chi connectivity index (χ2n) is 9.81. The van der Waals surface area contributed by atoms with Crippen molar-refractivity contribution in [1.29, 1.82) is 5.26 Å². The van der Waals surface area contributed by atoms with Gasteiger partial charge in [-0.3, -0.25) is 4.90 Å². The number of hydrogen-bond donors (Lipinski definition) is 2. The number of carbonyl (C=O) groups is 1. The number of para-hydroxylation sites is 1. The predicted octanol–water partition coefficient (Wildman–Crippen LogP) is 3.98. The Labute approximate surface area is 216 Å². The van der Waals surface area contributed by atoms with E-state index in [0.29, 0.717) is 28.8 Å². The molecule has 2 aromatic carbocycles. The summed E-state index contributed by atoms with van der Waals surface area (Å²) in [6.45, 7) is 9.02. The highest BCUT2D eigenvalue weighted by atomic mass is 16.5. The first kappa shape index (κ1) is 24.9. The minimum absolute atomic E-state index is 0.215. The summed E-state index contributed by atoms with van der Waals surface area (Å²) >= 11 is 0. The Morgan fingerprint density at radius 3 is 2.59 bits per heavy atom. The minimum Gasteiger partial charge on any atom is -0.478 e. The summed E-state index contributed by atoms with van der Waals surface area (Å²) in [6, 6.07) is 13.5. The fourth-order valence-corrected chi connectivity index (χ4v) is 5.40. The van der Waals surface area contributed by atoms with Crippen LogP contribution in [0.1, 0.15) is 53.0 Å². The first-order valence-electron chi connectivity index (χ1n) is 12.8. The van der Waals surface area contributed by atoms with Crippen molar-refractivity contribution in [2.45, 2.75) is 38.8 Å². The van der Waals surface area contributed by atoms with E-state index in [4.69, 9.17) is 14.7 Å². The Morgan fingerprint density at radius 1 is 1.16 bits per heavy atom. The van der Waals surface area contributed by atoms with E-state index < -0.39 is 5.97 Å². The molecule has 2 aliphatic rings. The van der Waals surface area contributed by atoms with Crippen molar-refractivity contribution >= 4 is 28.5 Å². The second-order valence-corrected chi connectivity index (χ2v) is 9.81. The maximum Gasteiger partial charge on any atom is 0.337 e. The molecule has 2 saturated heterocycles. The third kappa shape index (κ3) is 5.22. The van der Waals surface area contributed by atoms with Gasteiger partial charge in [-0.2, -0.15) is 5.26 Å². The second kappa shape index (κ2) is 10.7. The Balaban J connectivity index is 1.45. The maximum atomic E-state index is 11.7. The number of nitrogens with one attached hydrogen (secondary N) is 1. The molecule has 2 fully saturated rings. The van der Waals surface area contributed by atoms with Gasteiger partial charge in [-0.15, -0.1) is 0 Å². The molecule has 37 heavy (non-hydrogen) atoms. The van der Waals surface area contributed by atoms with Gasteiger partial charge in [0.05, 0.1) is 22.6 Å². The van der Waals surface area contributed by atoms with Gasteiger partial charge in [0.1, 0.15) is 6.07 Å². The largest absolute Gasteiger partial charge is 0.478 e. The lowest BCUT2D eigenvalue weighted by molar-refractivity contribution is 0.0321. The van der Waals surface area contributed by atoms with E-state index in [1.165, 1.54) is 0 Å². The molecule has 0 spiro atoms. The number of aryl methyl sites for hydroxylation is 1. The number of ether oxygens (including phenoxy) is 1. The lowest BCUT2D eigenvalue weighted by Crippen LogP contribution is -2.52. The Morgan fingerprint density at radius 2 is 1.89 bits per heavy atom. The summed E-state index contributed by atoms with van der Waals surface area (Å²) in [4.78, 5) is 26.1.